The Morgan fingerprint density at radius 1 is 1.24 bits per heavy atom. The quantitative estimate of drug-likeness (QED) is 0.416. The number of nitrogen functional groups attached to an aromatic ring is 1. The minimum Gasteiger partial charge on any atom is -0.493 e. The number of methoxy groups -OCH3 is 2. The highest BCUT2D eigenvalue weighted by atomic mass is 16.5. The molecule has 1 aromatic heterocycles. The zero-order valence-corrected chi connectivity index (χ0v) is 11.5. The molecule has 8 nitrogen and oxygen atoms in total. The maximum absolute atomic E-state index is 11.5. The maximum Gasteiger partial charge on any atom is 0.277 e. The van der Waals surface area contributed by atoms with Crippen LogP contribution in [0.4, 0.5) is 0 Å². The third kappa shape index (κ3) is 2.84. The first-order chi connectivity index (χ1) is 10.1. The van der Waals surface area contributed by atoms with Crippen molar-refractivity contribution in [1.82, 2.24) is 15.6 Å². The molecule has 8 heteroatoms. The largest absolute Gasteiger partial charge is 0.493 e. The lowest BCUT2D eigenvalue weighted by atomic mass is 10.1. The smallest absolute Gasteiger partial charge is 0.277 e. The molecule has 0 aliphatic carbocycles. The SMILES string of the molecule is COc1ccc(-c2cc(C(=O)NN)c(=O)[nH]n2)cc1OC. The van der Waals surface area contributed by atoms with E-state index in [2.05, 4.69) is 10.2 Å². The van der Waals surface area contributed by atoms with Crippen LogP contribution in [0.1, 0.15) is 10.4 Å². The van der Waals surface area contributed by atoms with Crippen molar-refractivity contribution in [1.29, 1.82) is 0 Å². The van der Waals surface area contributed by atoms with Gasteiger partial charge < -0.3 is 9.47 Å². The summed E-state index contributed by atoms with van der Waals surface area (Å²) in [4.78, 5) is 23.1. The highest BCUT2D eigenvalue weighted by Gasteiger charge is 2.13. The molecule has 0 saturated carbocycles. The van der Waals surface area contributed by atoms with Crippen molar-refractivity contribution in [2.24, 2.45) is 5.84 Å². The van der Waals surface area contributed by atoms with Crippen molar-refractivity contribution in [3.05, 3.63) is 40.2 Å². The number of aromatic nitrogens is 2. The van der Waals surface area contributed by atoms with E-state index in [0.717, 1.165) is 0 Å². The Labute approximate surface area is 119 Å². The van der Waals surface area contributed by atoms with Gasteiger partial charge in [-0.05, 0) is 24.3 Å². The van der Waals surface area contributed by atoms with Crippen LogP contribution < -0.4 is 26.3 Å². The van der Waals surface area contributed by atoms with Gasteiger partial charge in [-0.15, -0.1) is 0 Å². The fourth-order valence-corrected chi connectivity index (χ4v) is 1.80. The number of carbonyl (C=O) groups is 1. The molecule has 0 fully saturated rings. The van der Waals surface area contributed by atoms with E-state index in [1.54, 1.807) is 18.2 Å². The molecule has 1 heterocycles. The molecule has 1 aromatic carbocycles. The lowest BCUT2D eigenvalue weighted by molar-refractivity contribution is 0.0952. The highest BCUT2D eigenvalue weighted by molar-refractivity contribution is 5.94. The lowest BCUT2D eigenvalue weighted by Crippen LogP contribution is -2.34. The van der Waals surface area contributed by atoms with Crippen LogP contribution in [-0.4, -0.2) is 30.3 Å². The van der Waals surface area contributed by atoms with Gasteiger partial charge >= 0.3 is 0 Å². The van der Waals surface area contributed by atoms with Crippen molar-refractivity contribution >= 4 is 5.91 Å². The van der Waals surface area contributed by atoms with E-state index in [0.29, 0.717) is 22.8 Å². The fourth-order valence-electron chi connectivity index (χ4n) is 1.80. The Kier molecular flexibility index (Phi) is 4.19. The topological polar surface area (TPSA) is 119 Å². The summed E-state index contributed by atoms with van der Waals surface area (Å²) in [6, 6.07) is 6.46. The Hall–Kier alpha value is -2.87. The van der Waals surface area contributed by atoms with Gasteiger partial charge in [-0.2, -0.15) is 5.10 Å². The molecule has 21 heavy (non-hydrogen) atoms. The van der Waals surface area contributed by atoms with Crippen LogP contribution in [0.25, 0.3) is 11.3 Å². The Balaban J connectivity index is 2.52. The van der Waals surface area contributed by atoms with Crippen molar-refractivity contribution in [2.45, 2.75) is 0 Å². The number of nitrogens with zero attached hydrogens (tertiary/aromatic N) is 1. The highest BCUT2D eigenvalue weighted by Crippen LogP contribution is 2.31. The second-order valence-corrected chi connectivity index (χ2v) is 4.04. The molecule has 0 atom stereocenters. The van der Waals surface area contributed by atoms with Crippen LogP contribution in [-0.2, 0) is 0 Å². The van der Waals surface area contributed by atoms with Crippen LogP contribution in [0.5, 0.6) is 11.5 Å². The number of rotatable bonds is 4. The summed E-state index contributed by atoms with van der Waals surface area (Å²) >= 11 is 0. The number of ether oxygens (including phenoxy) is 2. The summed E-state index contributed by atoms with van der Waals surface area (Å²) in [5.41, 5.74) is 2.21. The second kappa shape index (κ2) is 6.06. The van der Waals surface area contributed by atoms with Crippen LogP contribution in [0, 0.1) is 0 Å². The second-order valence-electron chi connectivity index (χ2n) is 4.04. The van der Waals surface area contributed by atoms with E-state index in [4.69, 9.17) is 15.3 Å². The molecule has 2 rings (SSSR count). The minimum absolute atomic E-state index is 0.128. The van der Waals surface area contributed by atoms with Gasteiger partial charge in [0.1, 0.15) is 5.56 Å². The summed E-state index contributed by atoms with van der Waals surface area (Å²) in [5, 5.41) is 6.16. The number of hydrogen-bond acceptors (Lipinski definition) is 6. The average Bonchev–Trinajstić information content (AvgIpc) is 2.53. The molecule has 0 spiro atoms. The van der Waals surface area contributed by atoms with Crippen molar-refractivity contribution in [3.8, 4) is 22.8 Å². The van der Waals surface area contributed by atoms with E-state index in [-0.39, 0.29) is 5.56 Å². The third-order valence-corrected chi connectivity index (χ3v) is 2.86. The standard InChI is InChI=1S/C13H14N4O4/c1-20-10-4-3-7(5-11(10)21-2)9-6-8(12(18)15-14)13(19)17-16-9/h3-6H,14H2,1-2H3,(H,15,18)(H,17,19). The molecular weight excluding hydrogens is 276 g/mol. The molecule has 0 aliphatic heterocycles. The number of H-pyrrole nitrogens is 1. The number of carbonyl (C=O) groups excluding carboxylic acids is 1. The average molecular weight is 290 g/mol. The zero-order chi connectivity index (χ0) is 15.4. The van der Waals surface area contributed by atoms with Gasteiger partial charge in [-0.1, -0.05) is 0 Å². The van der Waals surface area contributed by atoms with E-state index < -0.39 is 11.5 Å². The minimum atomic E-state index is -0.694. The van der Waals surface area contributed by atoms with Gasteiger partial charge in [0.25, 0.3) is 11.5 Å². The molecule has 0 unspecified atom stereocenters. The van der Waals surface area contributed by atoms with Gasteiger partial charge in [0, 0.05) is 5.56 Å². The summed E-state index contributed by atoms with van der Waals surface area (Å²) < 4.78 is 10.3. The van der Waals surface area contributed by atoms with Gasteiger partial charge in [-0.25, -0.2) is 10.9 Å². The van der Waals surface area contributed by atoms with E-state index in [9.17, 15) is 9.59 Å². The van der Waals surface area contributed by atoms with Crippen LogP contribution in [0.2, 0.25) is 0 Å². The number of aromatic amines is 1. The molecular formula is C13H14N4O4. The van der Waals surface area contributed by atoms with E-state index in [1.807, 2.05) is 5.43 Å². The zero-order valence-electron chi connectivity index (χ0n) is 11.5. The first kappa shape index (κ1) is 14.5. The Bertz CT molecular complexity index is 726. The van der Waals surface area contributed by atoms with Crippen molar-refractivity contribution in [2.75, 3.05) is 14.2 Å². The van der Waals surface area contributed by atoms with Gasteiger partial charge in [0.15, 0.2) is 11.5 Å². The molecule has 4 N–H and O–H groups in total. The van der Waals surface area contributed by atoms with Gasteiger partial charge in [-0.3, -0.25) is 15.0 Å². The fraction of sp³-hybridized carbons (Fsp3) is 0.154. The predicted molar refractivity (Wildman–Crippen MR) is 75.1 cm³/mol. The summed E-state index contributed by atoms with van der Waals surface area (Å²) in [7, 11) is 3.04. The van der Waals surface area contributed by atoms with Crippen LogP contribution >= 0.6 is 0 Å². The monoisotopic (exact) mass is 290 g/mol. The summed E-state index contributed by atoms with van der Waals surface area (Å²) in [5.74, 6) is 5.41. The maximum atomic E-state index is 11.5. The van der Waals surface area contributed by atoms with Gasteiger partial charge in [0.2, 0.25) is 0 Å². The van der Waals surface area contributed by atoms with Crippen LogP contribution in [0.15, 0.2) is 29.1 Å². The number of amides is 1. The molecule has 0 aliphatic rings. The third-order valence-electron chi connectivity index (χ3n) is 2.86. The number of hydrogen-bond donors (Lipinski definition) is 3. The summed E-state index contributed by atoms with van der Waals surface area (Å²) in [6.07, 6.45) is 0. The normalized spacial score (nSPS) is 10.0. The van der Waals surface area contributed by atoms with E-state index in [1.165, 1.54) is 20.3 Å². The molecule has 2 aromatic rings. The molecule has 1 amide bonds. The van der Waals surface area contributed by atoms with Crippen LogP contribution in [0.3, 0.4) is 0 Å². The molecule has 110 valence electrons. The predicted octanol–water partition coefficient (Wildman–Crippen LogP) is 0.0576. The molecule has 0 bridgehead atoms. The van der Waals surface area contributed by atoms with E-state index >= 15 is 0 Å². The molecule has 0 saturated heterocycles. The number of nitrogens with one attached hydrogen (secondary N) is 2. The Morgan fingerprint density at radius 2 is 1.95 bits per heavy atom. The molecule has 0 radical (unpaired) electrons. The number of hydrazine groups is 1. The number of benzene rings is 1. The summed E-state index contributed by atoms with van der Waals surface area (Å²) in [6.45, 7) is 0. The first-order valence-corrected chi connectivity index (χ1v) is 5.93. The first-order valence-electron chi connectivity index (χ1n) is 5.93. The Morgan fingerprint density at radius 3 is 2.57 bits per heavy atom. The lowest BCUT2D eigenvalue weighted by Gasteiger charge is -2.09. The van der Waals surface area contributed by atoms with Gasteiger partial charge in [0.05, 0.1) is 19.9 Å². The van der Waals surface area contributed by atoms with Crippen molar-refractivity contribution < 1.29 is 14.3 Å². The number of nitrogens with two attached hydrogens (primary N) is 1. The van der Waals surface area contributed by atoms with Crippen molar-refractivity contribution in [3.63, 3.8) is 0 Å².